The Morgan fingerprint density at radius 2 is 2.22 bits per heavy atom. The molecule has 18 heavy (non-hydrogen) atoms. The molecule has 0 spiro atoms. The third kappa shape index (κ3) is 2.60. The maximum Gasteiger partial charge on any atom is 0.337 e. The van der Waals surface area contributed by atoms with E-state index in [0.29, 0.717) is 5.69 Å². The first-order chi connectivity index (χ1) is 8.72. The normalized spacial score (nSPS) is 20.1. The lowest BCUT2D eigenvalue weighted by atomic mass is 10.1. The summed E-state index contributed by atoms with van der Waals surface area (Å²) < 4.78 is 0. The van der Waals surface area contributed by atoms with E-state index < -0.39 is 5.97 Å². The zero-order chi connectivity index (χ0) is 13.0. The molecular formula is C13H15N3O2. The van der Waals surface area contributed by atoms with Crippen molar-refractivity contribution in [1.82, 2.24) is 5.01 Å². The van der Waals surface area contributed by atoms with Crippen LogP contribution in [-0.4, -0.2) is 28.7 Å². The lowest BCUT2D eigenvalue weighted by Gasteiger charge is -2.32. The number of carboxylic acids is 1. The second kappa shape index (κ2) is 5.52. The van der Waals surface area contributed by atoms with Crippen molar-refractivity contribution in [3.05, 3.63) is 29.8 Å². The Kier molecular flexibility index (Phi) is 3.80. The highest BCUT2D eigenvalue weighted by Gasteiger charge is 2.23. The number of carbonyl (C=O) groups is 1. The first kappa shape index (κ1) is 12.4. The number of nitriles is 1. The fourth-order valence-electron chi connectivity index (χ4n) is 2.12. The Morgan fingerprint density at radius 1 is 1.44 bits per heavy atom. The van der Waals surface area contributed by atoms with E-state index in [4.69, 9.17) is 10.4 Å². The molecule has 1 unspecified atom stereocenters. The van der Waals surface area contributed by atoms with Gasteiger partial charge >= 0.3 is 5.97 Å². The zero-order valence-corrected chi connectivity index (χ0v) is 9.97. The molecule has 5 nitrogen and oxygen atoms in total. The van der Waals surface area contributed by atoms with Crippen molar-refractivity contribution in [2.24, 2.45) is 0 Å². The maximum absolute atomic E-state index is 11.1. The summed E-state index contributed by atoms with van der Waals surface area (Å²) in [6.45, 7) is 0.756. The van der Waals surface area contributed by atoms with Gasteiger partial charge < -0.3 is 10.5 Å². The van der Waals surface area contributed by atoms with Crippen LogP contribution in [0.4, 0.5) is 5.69 Å². The number of para-hydroxylation sites is 1. The zero-order valence-electron chi connectivity index (χ0n) is 9.97. The summed E-state index contributed by atoms with van der Waals surface area (Å²) in [5, 5.41) is 20.0. The van der Waals surface area contributed by atoms with E-state index in [1.807, 2.05) is 5.01 Å². The van der Waals surface area contributed by atoms with Gasteiger partial charge in [0.2, 0.25) is 0 Å². The van der Waals surface area contributed by atoms with Crippen LogP contribution in [0.25, 0.3) is 0 Å². The minimum absolute atomic E-state index is 0.194. The number of hydrogen-bond acceptors (Lipinski definition) is 4. The van der Waals surface area contributed by atoms with Gasteiger partial charge in [-0.2, -0.15) is 5.26 Å². The van der Waals surface area contributed by atoms with Crippen molar-refractivity contribution in [2.75, 3.05) is 12.0 Å². The number of rotatable bonds is 3. The van der Waals surface area contributed by atoms with Crippen molar-refractivity contribution in [3.8, 4) is 6.07 Å². The summed E-state index contributed by atoms with van der Waals surface area (Å²) in [6, 6.07) is 8.78. The van der Waals surface area contributed by atoms with Crippen molar-refractivity contribution < 1.29 is 9.90 Å². The van der Waals surface area contributed by atoms with E-state index >= 15 is 0 Å². The number of piperidine rings is 1. The van der Waals surface area contributed by atoms with E-state index in [2.05, 4.69) is 11.5 Å². The molecule has 1 fully saturated rings. The molecule has 0 amide bonds. The standard InChI is InChI=1S/C13H15N3O2/c14-9-10-5-3-4-8-16(10)15-12-7-2-1-6-11(12)13(17)18/h1-2,6-7,10,15H,3-5,8H2,(H,17,18). The number of nitrogens with one attached hydrogen (secondary N) is 1. The molecule has 1 atom stereocenters. The molecule has 0 bridgehead atoms. The maximum atomic E-state index is 11.1. The fraction of sp³-hybridized carbons (Fsp3) is 0.385. The van der Waals surface area contributed by atoms with Gasteiger partial charge in [0.1, 0.15) is 6.04 Å². The third-order valence-electron chi connectivity index (χ3n) is 3.07. The molecule has 1 aromatic carbocycles. The van der Waals surface area contributed by atoms with Gasteiger partial charge in [0.25, 0.3) is 0 Å². The molecule has 1 heterocycles. The number of carboxylic acid groups (broad SMARTS) is 1. The Labute approximate surface area is 106 Å². The van der Waals surface area contributed by atoms with Crippen LogP contribution in [0.2, 0.25) is 0 Å². The van der Waals surface area contributed by atoms with Gasteiger partial charge in [0, 0.05) is 6.54 Å². The number of hydrazine groups is 1. The van der Waals surface area contributed by atoms with Gasteiger partial charge in [-0.1, -0.05) is 12.1 Å². The van der Waals surface area contributed by atoms with Crippen LogP contribution >= 0.6 is 0 Å². The number of benzene rings is 1. The quantitative estimate of drug-likeness (QED) is 0.852. The van der Waals surface area contributed by atoms with Crippen molar-refractivity contribution in [1.29, 1.82) is 5.26 Å². The molecule has 1 aromatic rings. The summed E-state index contributed by atoms with van der Waals surface area (Å²) in [5.74, 6) is -0.969. The van der Waals surface area contributed by atoms with E-state index in [0.717, 1.165) is 25.8 Å². The van der Waals surface area contributed by atoms with Gasteiger partial charge in [-0.3, -0.25) is 0 Å². The summed E-state index contributed by atoms with van der Waals surface area (Å²) in [5.41, 5.74) is 3.82. The fourth-order valence-corrected chi connectivity index (χ4v) is 2.12. The Hall–Kier alpha value is -2.06. The second-order valence-electron chi connectivity index (χ2n) is 4.30. The van der Waals surface area contributed by atoms with Crippen LogP contribution in [0, 0.1) is 11.3 Å². The molecule has 0 saturated carbocycles. The first-order valence-electron chi connectivity index (χ1n) is 5.97. The molecule has 1 aliphatic heterocycles. The van der Waals surface area contributed by atoms with E-state index in [1.165, 1.54) is 0 Å². The molecule has 0 aliphatic carbocycles. The van der Waals surface area contributed by atoms with Crippen LogP contribution in [0.15, 0.2) is 24.3 Å². The summed E-state index contributed by atoms with van der Waals surface area (Å²) in [7, 11) is 0. The van der Waals surface area contributed by atoms with E-state index in [9.17, 15) is 4.79 Å². The highest BCUT2D eigenvalue weighted by molar-refractivity contribution is 5.94. The molecule has 1 aliphatic rings. The molecule has 2 rings (SSSR count). The molecule has 0 radical (unpaired) electrons. The molecule has 1 saturated heterocycles. The number of anilines is 1. The van der Waals surface area contributed by atoms with Gasteiger partial charge in [-0.25, -0.2) is 9.80 Å². The summed E-state index contributed by atoms with van der Waals surface area (Å²) in [6.07, 6.45) is 2.87. The molecule has 94 valence electrons. The third-order valence-corrected chi connectivity index (χ3v) is 3.07. The number of nitrogens with zero attached hydrogens (tertiary/aromatic N) is 2. The second-order valence-corrected chi connectivity index (χ2v) is 4.30. The summed E-state index contributed by atoms with van der Waals surface area (Å²) in [4.78, 5) is 11.1. The minimum Gasteiger partial charge on any atom is -0.478 e. The van der Waals surface area contributed by atoms with E-state index in [-0.39, 0.29) is 11.6 Å². The molecule has 0 aromatic heterocycles. The largest absolute Gasteiger partial charge is 0.478 e. The lowest BCUT2D eigenvalue weighted by molar-refractivity contribution is 0.0697. The number of aromatic carboxylic acids is 1. The van der Waals surface area contributed by atoms with Crippen LogP contribution in [0.1, 0.15) is 29.6 Å². The highest BCUT2D eigenvalue weighted by atomic mass is 16.4. The Balaban J connectivity index is 2.18. The van der Waals surface area contributed by atoms with Gasteiger partial charge in [-0.15, -0.1) is 0 Å². The molecule has 2 N–H and O–H groups in total. The minimum atomic E-state index is -0.969. The van der Waals surface area contributed by atoms with E-state index in [1.54, 1.807) is 24.3 Å². The predicted molar refractivity (Wildman–Crippen MR) is 67.0 cm³/mol. The molecule has 5 heteroatoms. The lowest BCUT2D eigenvalue weighted by Crippen LogP contribution is -2.42. The van der Waals surface area contributed by atoms with Crippen LogP contribution < -0.4 is 5.43 Å². The topological polar surface area (TPSA) is 76.4 Å². The average molecular weight is 245 g/mol. The van der Waals surface area contributed by atoms with Crippen LogP contribution in [0.3, 0.4) is 0 Å². The smallest absolute Gasteiger partial charge is 0.337 e. The first-order valence-corrected chi connectivity index (χ1v) is 5.97. The van der Waals surface area contributed by atoms with Crippen LogP contribution in [-0.2, 0) is 0 Å². The van der Waals surface area contributed by atoms with Gasteiger partial charge in [-0.05, 0) is 31.4 Å². The summed E-state index contributed by atoms with van der Waals surface area (Å²) >= 11 is 0. The van der Waals surface area contributed by atoms with Crippen molar-refractivity contribution >= 4 is 11.7 Å². The molecular weight excluding hydrogens is 230 g/mol. The average Bonchev–Trinajstić information content (AvgIpc) is 2.40. The Bertz CT molecular complexity index is 481. The predicted octanol–water partition coefficient (Wildman–Crippen LogP) is 2.09. The van der Waals surface area contributed by atoms with Crippen molar-refractivity contribution in [3.63, 3.8) is 0 Å². The number of hydrogen-bond donors (Lipinski definition) is 2. The highest BCUT2D eigenvalue weighted by Crippen LogP contribution is 2.21. The Morgan fingerprint density at radius 3 is 2.94 bits per heavy atom. The van der Waals surface area contributed by atoms with Crippen molar-refractivity contribution in [2.45, 2.75) is 25.3 Å². The van der Waals surface area contributed by atoms with Gasteiger partial charge in [0.15, 0.2) is 0 Å². The van der Waals surface area contributed by atoms with Crippen LogP contribution in [0.5, 0.6) is 0 Å². The SMILES string of the molecule is N#CC1CCCCN1Nc1ccccc1C(=O)O. The monoisotopic (exact) mass is 245 g/mol. The van der Waals surface area contributed by atoms with Gasteiger partial charge in [0.05, 0.1) is 17.3 Å².